The molecular formula is C13H15N3O3. The summed E-state index contributed by atoms with van der Waals surface area (Å²) in [4.78, 5) is 25.7. The molecule has 1 atom stereocenters. The normalized spacial score (nSPS) is 11.9. The van der Waals surface area contributed by atoms with Crippen molar-refractivity contribution in [2.45, 2.75) is 13.0 Å². The van der Waals surface area contributed by atoms with Gasteiger partial charge < -0.3 is 15.0 Å². The SMILES string of the molecule is CNC(=O)NC(=O)C(C)Oc1ccc2[nH]ccc2c1. The first-order valence-corrected chi connectivity index (χ1v) is 5.86. The number of rotatable bonds is 3. The maximum atomic E-state index is 11.6. The molecule has 0 aliphatic carbocycles. The second-order valence-electron chi connectivity index (χ2n) is 4.06. The average Bonchev–Trinajstić information content (AvgIpc) is 2.85. The lowest BCUT2D eigenvalue weighted by Crippen LogP contribution is -2.43. The molecule has 3 amide bonds. The van der Waals surface area contributed by atoms with Crippen molar-refractivity contribution in [1.82, 2.24) is 15.6 Å². The molecule has 1 unspecified atom stereocenters. The van der Waals surface area contributed by atoms with E-state index in [1.54, 1.807) is 13.0 Å². The van der Waals surface area contributed by atoms with Crippen molar-refractivity contribution in [3.63, 3.8) is 0 Å². The molecule has 2 rings (SSSR count). The fraction of sp³-hybridized carbons (Fsp3) is 0.231. The van der Waals surface area contributed by atoms with Crippen LogP contribution in [0.1, 0.15) is 6.92 Å². The zero-order valence-electron chi connectivity index (χ0n) is 10.7. The van der Waals surface area contributed by atoms with Crippen LogP contribution in [0.25, 0.3) is 10.9 Å². The molecule has 2 aromatic rings. The number of fused-ring (bicyclic) bond motifs is 1. The second-order valence-corrected chi connectivity index (χ2v) is 4.06. The van der Waals surface area contributed by atoms with E-state index < -0.39 is 18.0 Å². The molecule has 3 N–H and O–H groups in total. The predicted octanol–water partition coefficient (Wildman–Crippen LogP) is 1.39. The molecule has 100 valence electrons. The Kier molecular flexibility index (Phi) is 3.70. The van der Waals surface area contributed by atoms with Gasteiger partial charge in [0.2, 0.25) is 0 Å². The van der Waals surface area contributed by atoms with Gasteiger partial charge in [0, 0.05) is 24.1 Å². The van der Waals surface area contributed by atoms with Gasteiger partial charge >= 0.3 is 6.03 Å². The number of carbonyl (C=O) groups is 2. The lowest BCUT2D eigenvalue weighted by Gasteiger charge is -2.14. The third-order valence-electron chi connectivity index (χ3n) is 2.67. The summed E-state index contributed by atoms with van der Waals surface area (Å²) in [5.41, 5.74) is 0.995. The molecule has 19 heavy (non-hydrogen) atoms. The lowest BCUT2D eigenvalue weighted by atomic mass is 10.2. The smallest absolute Gasteiger partial charge is 0.321 e. The molecule has 1 heterocycles. The van der Waals surface area contributed by atoms with Gasteiger partial charge in [-0.3, -0.25) is 10.1 Å². The molecule has 6 nitrogen and oxygen atoms in total. The van der Waals surface area contributed by atoms with Crippen molar-refractivity contribution in [3.8, 4) is 5.75 Å². The minimum Gasteiger partial charge on any atom is -0.481 e. The molecule has 1 aromatic carbocycles. The second kappa shape index (κ2) is 5.43. The van der Waals surface area contributed by atoms with Gasteiger partial charge in [0.15, 0.2) is 6.10 Å². The largest absolute Gasteiger partial charge is 0.481 e. The molecule has 0 fully saturated rings. The third kappa shape index (κ3) is 3.04. The number of hydrogen-bond donors (Lipinski definition) is 3. The van der Waals surface area contributed by atoms with Gasteiger partial charge in [-0.15, -0.1) is 0 Å². The van der Waals surface area contributed by atoms with Crippen LogP contribution in [0.2, 0.25) is 0 Å². The Hall–Kier alpha value is -2.50. The standard InChI is InChI=1S/C13H15N3O3/c1-8(12(17)16-13(18)14-2)19-10-3-4-11-9(7-10)5-6-15-11/h3-8,15H,1-2H3,(H2,14,16,17,18). The lowest BCUT2D eigenvalue weighted by molar-refractivity contribution is -0.126. The Balaban J connectivity index is 2.03. The van der Waals surface area contributed by atoms with Crippen molar-refractivity contribution in [2.75, 3.05) is 7.05 Å². The van der Waals surface area contributed by atoms with Gasteiger partial charge in [-0.05, 0) is 31.2 Å². The maximum absolute atomic E-state index is 11.6. The van der Waals surface area contributed by atoms with Crippen molar-refractivity contribution in [1.29, 1.82) is 0 Å². The van der Waals surface area contributed by atoms with Gasteiger partial charge in [-0.2, -0.15) is 0 Å². The molecule has 1 aromatic heterocycles. The van der Waals surface area contributed by atoms with E-state index in [-0.39, 0.29) is 0 Å². The molecule has 0 saturated carbocycles. The summed E-state index contributed by atoms with van der Waals surface area (Å²) in [6, 6.07) is 6.82. The summed E-state index contributed by atoms with van der Waals surface area (Å²) in [5, 5.41) is 5.46. The number of ether oxygens (including phenoxy) is 1. The van der Waals surface area contributed by atoms with Crippen LogP contribution >= 0.6 is 0 Å². The van der Waals surface area contributed by atoms with E-state index in [1.807, 2.05) is 24.4 Å². The van der Waals surface area contributed by atoms with Crippen molar-refractivity contribution in [3.05, 3.63) is 30.5 Å². The van der Waals surface area contributed by atoms with Crippen LogP contribution in [0.5, 0.6) is 5.75 Å². The molecular weight excluding hydrogens is 246 g/mol. The zero-order valence-corrected chi connectivity index (χ0v) is 10.7. The highest BCUT2D eigenvalue weighted by atomic mass is 16.5. The van der Waals surface area contributed by atoms with E-state index in [0.717, 1.165) is 10.9 Å². The molecule has 0 saturated heterocycles. The first-order valence-electron chi connectivity index (χ1n) is 5.86. The first-order chi connectivity index (χ1) is 9.10. The van der Waals surface area contributed by atoms with Crippen LogP contribution in [0.3, 0.4) is 0 Å². The number of urea groups is 1. The monoisotopic (exact) mass is 261 g/mol. The molecule has 0 spiro atoms. The predicted molar refractivity (Wildman–Crippen MR) is 71.0 cm³/mol. The number of hydrogen-bond acceptors (Lipinski definition) is 3. The van der Waals surface area contributed by atoms with Crippen LogP contribution in [-0.2, 0) is 4.79 Å². The Labute approximate surface area is 110 Å². The fourth-order valence-electron chi connectivity index (χ4n) is 1.64. The van der Waals surface area contributed by atoms with E-state index in [1.165, 1.54) is 7.05 Å². The number of benzene rings is 1. The number of aromatic nitrogens is 1. The van der Waals surface area contributed by atoms with Gasteiger partial charge in [-0.1, -0.05) is 0 Å². The van der Waals surface area contributed by atoms with E-state index in [4.69, 9.17) is 4.74 Å². The average molecular weight is 261 g/mol. The van der Waals surface area contributed by atoms with E-state index in [0.29, 0.717) is 5.75 Å². The minimum atomic E-state index is -0.756. The fourth-order valence-corrected chi connectivity index (χ4v) is 1.64. The number of carbonyl (C=O) groups excluding carboxylic acids is 2. The number of nitrogens with one attached hydrogen (secondary N) is 3. The number of H-pyrrole nitrogens is 1. The van der Waals surface area contributed by atoms with Crippen LogP contribution in [-0.4, -0.2) is 30.1 Å². The van der Waals surface area contributed by atoms with Crippen molar-refractivity contribution < 1.29 is 14.3 Å². The Bertz CT molecular complexity index is 606. The van der Waals surface area contributed by atoms with Gasteiger partial charge in [-0.25, -0.2) is 4.79 Å². The highest BCUT2D eigenvalue weighted by Crippen LogP contribution is 2.20. The van der Waals surface area contributed by atoms with E-state index in [2.05, 4.69) is 15.6 Å². The third-order valence-corrected chi connectivity index (χ3v) is 2.67. The molecule has 0 aliphatic rings. The summed E-state index contributed by atoms with van der Waals surface area (Å²) in [6.45, 7) is 1.58. The zero-order chi connectivity index (χ0) is 13.8. The van der Waals surface area contributed by atoms with Crippen LogP contribution in [0.4, 0.5) is 4.79 Å². The molecule has 6 heteroatoms. The van der Waals surface area contributed by atoms with Gasteiger partial charge in [0.1, 0.15) is 5.75 Å². The molecule has 0 radical (unpaired) electrons. The van der Waals surface area contributed by atoms with Gasteiger partial charge in [0.05, 0.1) is 0 Å². The highest BCUT2D eigenvalue weighted by molar-refractivity contribution is 5.96. The van der Waals surface area contributed by atoms with Gasteiger partial charge in [0.25, 0.3) is 5.91 Å². The van der Waals surface area contributed by atoms with Crippen LogP contribution in [0, 0.1) is 0 Å². The Morgan fingerprint density at radius 2 is 2.11 bits per heavy atom. The molecule has 0 aliphatic heterocycles. The number of aromatic amines is 1. The van der Waals surface area contributed by atoms with Crippen molar-refractivity contribution in [2.24, 2.45) is 0 Å². The summed E-state index contributed by atoms with van der Waals surface area (Å²) in [6.07, 6.45) is 1.07. The quantitative estimate of drug-likeness (QED) is 0.780. The summed E-state index contributed by atoms with van der Waals surface area (Å²) < 4.78 is 5.49. The van der Waals surface area contributed by atoms with E-state index in [9.17, 15) is 9.59 Å². The summed E-state index contributed by atoms with van der Waals surface area (Å²) in [7, 11) is 1.44. The Morgan fingerprint density at radius 1 is 1.32 bits per heavy atom. The molecule has 0 bridgehead atoms. The summed E-state index contributed by atoms with van der Waals surface area (Å²) >= 11 is 0. The maximum Gasteiger partial charge on any atom is 0.321 e. The first kappa shape index (κ1) is 12.9. The Morgan fingerprint density at radius 3 is 2.84 bits per heavy atom. The van der Waals surface area contributed by atoms with Crippen LogP contribution < -0.4 is 15.4 Å². The number of imide groups is 1. The highest BCUT2D eigenvalue weighted by Gasteiger charge is 2.16. The van der Waals surface area contributed by atoms with Crippen LogP contribution in [0.15, 0.2) is 30.5 Å². The minimum absolute atomic E-state index is 0.492. The topological polar surface area (TPSA) is 83.2 Å². The van der Waals surface area contributed by atoms with Crippen molar-refractivity contribution >= 4 is 22.8 Å². The summed E-state index contributed by atoms with van der Waals surface area (Å²) in [5.74, 6) is 0.0835. The number of amides is 3. The van der Waals surface area contributed by atoms with E-state index >= 15 is 0 Å².